The highest BCUT2D eigenvalue weighted by atomic mass is 16.6. The zero-order valence-corrected chi connectivity index (χ0v) is 12.3. The molecule has 0 saturated heterocycles. The Hall–Kier alpha value is -3.02. The van der Waals surface area contributed by atoms with Crippen molar-refractivity contribution in [1.82, 2.24) is 9.55 Å². The molecular weight excluding hydrogens is 294 g/mol. The summed E-state index contributed by atoms with van der Waals surface area (Å²) in [5, 5.41) is 10.9. The summed E-state index contributed by atoms with van der Waals surface area (Å²) in [5.41, 5.74) is 1.23. The number of aromatic nitrogens is 2. The van der Waals surface area contributed by atoms with Crippen LogP contribution in [-0.2, 0) is 0 Å². The molecule has 0 aliphatic carbocycles. The Morgan fingerprint density at radius 3 is 2.65 bits per heavy atom. The van der Waals surface area contributed by atoms with E-state index in [0.717, 1.165) is 0 Å². The van der Waals surface area contributed by atoms with Crippen molar-refractivity contribution in [2.24, 2.45) is 0 Å². The van der Waals surface area contributed by atoms with Gasteiger partial charge >= 0.3 is 0 Å². The van der Waals surface area contributed by atoms with Crippen LogP contribution in [0.3, 0.4) is 0 Å². The van der Waals surface area contributed by atoms with E-state index in [4.69, 9.17) is 0 Å². The zero-order valence-electron chi connectivity index (χ0n) is 12.3. The van der Waals surface area contributed by atoms with Gasteiger partial charge in [-0.15, -0.1) is 0 Å². The van der Waals surface area contributed by atoms with Gasteiger partial charge in [0.15, 0.2) is 5.78 Å². The van der Waals surface area contributed by atoms with Crippen molar-refractivity contribution in [1.29, 1.82) is 0 Å². The molecule has 0 bridgehead atoms. The number of imidazole rings is 1. The lowest BCUT2D eigenvalue weighted by Gasteiger charge is -2.03. The molecule has 0 aliphatic rings. The van der Waals surface area contributed by atoms with Gasteiger partial charge in [0, 0.05) is 30.8 Å². The van der Waals surface area contributed by atoms with Crippen LogP contribution in [0.15, 0.2) is 36.9 Å². The molecule has 0 spiro atoms. The van der Waals surface area contributed by atoms with Crippen molar-refractivity contribution in [2.45, 2.75) is 21.3 Å². The van der Waals surface area contributed by atoms with Crippen LogP contribution in [0.2, 0.25) is 0 Å². The van der Waals surface area contributed by atoms with Crippen molar-refractivity contribution in [3.8, 4) is 11.3 Å². The molecule has 1 heterocycles. The van der Waals surface area contributed by atoms with Gasteiger partial charge in [-0.05, 0) is 13.0 Å². The van der Waals surface area contributed by atoms with Crippen LogP contribution in [0.4, 0.5) is 5.69 Å². The second-order valence-electron chi connectivity index (χ2n) is 4.58. The minimum Gasteiger partial charge on any atom is -0.297 e. The Bertz CT molecular complexity index is 788. The normalized spacial score (nSPS) is 10.3. The lowest BCUT2D eigenvalue weighted by Crippen LogP contribution is -2.03. The van der Waals surface area contributed by atoms with Crippen LogP contribution in [0.25, 0.3) is 23.5 Å². The van der Waals surface area contributed by atoms with Crippen LogP contribution in [-0.4, -0.2) is 20.3 Å². The number of carbonyl (C=O) groups is 1. The van der Waals surface area contributed by atoms with Gasteiger partial charge in [0.2, 0.25) is 0 Å². The van der Waals surface area contributed by atoms with Crippen LogP contribution < -0.4 is 0 Å². The Morgan fingerprint density at radius 1 is 1.43 bits per heavy atom. The van der Waals surface area contributed by atoms with Gasteiger partial charge < -0.3 is 0 Å². The molecule has 0 aliphatic heterocycles. The molecule has 2 aromatic rings. The fourth-order valence-electron chi connectivity index (χ4n) is 2.21. The SMILES string of the molecule is C.C=Cn1c(/C=C\C)nc(-c2cccc([N+](=O)[O-])c2)c1C(C)=O. The van der Waals surface area contributed by atoms with Crippen molar-refractivity contribution in [3.05, 3.63) is 58.6 Å². The molecular formula is C17H19N3O3. The molecule has 0 N–H and O–H groups in total. The number of hydrogen-bond donors (Lipinski definition) is 0. The minimum absolute atomic E-state index is 0. The predicted octanol–water partition coefficient (Wildman–Crippen LogP) is 4.43. The molecule has 2 rings (SSSR count). The number of hydrogen-bond acceptors (Lipinski definition) is 4. The average Bonchev–Trinajstić information content (AvgIpc) is 2.86. The van der Waals surface area contributed by atoms with Gasteiger partial charge in [-0.25, -0.2) is 4.98 Å². The fourth-order valence-corrected chi connectivity index (χ4v) is 2.21. The number of nitro groups is 1. The third-order valence-electron chi connectivity index (χ3n) is 3.10. The van der Waals surface area contributed by atoms with Gasteiger partial charge in [0.25, 0.3) is 5.69 Å². The average molecular weight is 313 g/mol. The Morgan fingerprint density at radius 2 is 2.13 bits per heavy atom. The summed E-state index contributed by atoms with van der Waals surface area (Å²) in [7, 11) is 0. The number of allylic oxidation sites excluding steroid dienone is 1. The lowest BCUT2D eigenvalue weighted by atomic mass is 10.1. The number of nitrogens with zero attached hydrogens (tertiary/aromatic N) is 3. The van der Waals surface area contributed by atoms with Gasteiger partial charge in [0.1, 0.15) is 17.2 Å². The third kappa shape index (κ3) is 3.42. The molecule has 120 valence electrons. The van der Waals surface area contributed by atoms with Crippen LogP contribution in [0.5, 0.6) is 0 Å². The van der Waals surface area contributed by atoms with E-state index in [1.807, 2.05) is 6.92 Å². The summed E-state index contributed by atoms with van der Waals surface area (Å²) in [6.07, 6.45) is 5.04. The van der Waals surface area contributed by atoms with E-state index in [9.17, 15) is 14.9 Å². The second kappa shape index (κ2) is 7.31. The number of nitro benzene ring substituents is 1. The number of Topliss-reactive ketones (excluding diaryl/α,β-unsaturated/α-hetero) is 1. The maximum absolute atomic E-state index is 12.0. The molecule has 23 heavy (non-hydrogen) atoms. The molecule has 0 amide bonds. The summed E-state index contributed by atoms with van der Waals surface area (Å²) in [6.45, 7) is 6.96. The molecule has 1 aromatic carbocycles. The number of carbonyl (C=O) groups excluding carboxylic acids is 1. The van der Waals surface area contributed by atoms with E-state index in [2.05, 4.69) is 11.6 Å². The zero-order chi connectivity index (χ0) is 16.3. The number of benzene rings is 1. The standard InChI is InChI=1S/C16H15N3O3.CH4/c1-4-7-14-17-15(16(11(3)20)18(14)5-2)12-8-6-9-13(10-12)19(21)22;/h4-10H,2H2,1,3H3;1H4/b7-4-;. The highest BCUT2D eigenvalue weighted by Crippen LogP contribution is 2.28. The van der Waals surface area contributed by atoms with Gasteiger partial charge in [0.05, 0.1) is 4.92 Å². The Kier molecular flexibility index (Phi) is 5.73. The molecule has 1 aromatic heterocycles. The Labute approximate surface area is 134 Å². The highest BCUT2D eigenvalue weighted by Gasteiger charge is 2.20. The highest BCUT2D eigenvalue weighted by molar-refractivity contribution is 5.99. The number of rotatable bonds is 5. The van der Waals surface area contributed by atoms with Crippen LogP contribution >= 0.6 is 0 Å². The third-order valence-corrected chi connectivity index (χ3v) is 3.10. The number of non-ortho nitro benzene ring substituents is 1. The molecule has 0 radical (unpaired) electrons. The minimum atomic E-state index is -0.478. The first-order valence-corrected chi connectivity index (χ1v) is 6.62. The smallest absolute Gasteiger partial charge is 0.270 e. The van der Waals surface area contributed by atoms with Gasteiger partial charge in [-0.1, -0.05) is 32.2 Å². The molecule has 0 atom stereocenters. The van der Waals surface area contributed by atoms with Crippen molar-refractivity contribution in [3.63, 3.8) is 0 Å². The van der Waals surface area contributed by atoms with E-state index in [-0.39, 0.29) is 18.9 Å². The van der Waals surface area contributed by atoms with Crippen LogP contribution in [0.1, 0.15) is 37.6 Å². The van der Waals surface area contributed by atoms with Crippen molar-refractivity contribution < 1.29 is 9.72 Å². The molecule has 6 heteroatoms. The molecule has 0 fully saturated rings. The maximum atomic E-state index is 12.0. The summed E-state index contributed by atoms with van der Waals surface area (Å²) in [6, 6.07) is 6.06. The monoisotopic (exact) mass is 313 g/mol. The largest absolute Gasteiger partial charge is 0.297 e. The molecule has 0 saturated carbocycles. The first-order chi connectivity index (χ1) is 10.5. The van der Waals surface area contributed by atoms with Crippen molar-refractivity contribution in [2.75, 3.05) is 0 Å². The first-order valence-electron chi connectivity index (χ1n) is 6.62. The number of ketones is 1. The second-order valence-corrected chi connectivity index (χ2v) is 4.58. The quantitative estimate of drug-likeness (QED) is 0.464. The summed E-state index contributed by atoms with van der Waals surface area (Å²) in [5.74, 6) is 0.355. The van der Waals surface area contributed by atoms with Crippen molar-refractivity contribution >= 4 is 23.7 Å². The van der Waals surface area contributed by atoms with Gasteiger partial charge in [-0.3, -0.25) is 19.5 Å². The van der Waals surface area contributed by atoms with Crippen LogP contribution in [0, 0.1) is 10.1 Å². The molecule has 0 unspecified atom stereocenters. The van der Waals surface area contributed by atoms with Gasteiger partial charge in [-0.2, -0.15) is 0 Å². The Balaban J connectivity index is 0.00000264. The summed E-state index contributed by atoms with van der Waals surface area (Å²) < 4.78 is 1.58. The van der Waals surface area contributed by atoms with E-state index in [0.29, 0.717) is 22.8 Å². The maximum Gasteiger partial charge on any atom is 0.270 e. The van der Waals surface area contributed by atoms with E-state index in [1.165, 1.54) is 25.3 Å². The van der Waals surface area contributed by atoms with E-state index < -0.39 is 4.92 Å². The fraction of sp³-hybridized carbons (Fsp3) is 0.176. The summed E-state index contributed by atoms with van der Waals surface area (Å²) in [4.78, 5) is 26.9. The predicted molar refractivity (Wildman–Crippen MR) is 92.1 cm³/mol. The lowest BCUT2D eigenvalue weighted by molar-refractivity contribution is -0.384. The first kappa shape index (κ1) is 18.0. The topological polar surface area (TPSA) is 78.0 Å². The summed E-state index contributed by atoms with van der Waals surface area (Å²) >= 11 is 0. The van der Waals surface area contributed by atoms with E-state index in [1.54, 1.807) is 28.9 Å². The van der Waals surface area contributed by atoms with E-state index >= 15 is 0 Å². The molecule has 6 nitrogen and oxygen atoms in total.